The van der Waals surface area contributed by atoms with E-state index in [1.165, 1.54) is 70.6 Å². The van der Waals surface area contributed by atoms with Crippen LogP contribution in [0.25, 0.3) is 0 Å². The van der Waals surface area contributed by atoms with E-state index in [9.17, 15) is 35.1 Å². The van der Waals surface area contributed by atoms with Crippen molar-refractivity contribution >= 4 is 11.9 Å². The van der Waals surface area contributed by atoms with Crippen molar-refractivity contribution in [2.45, 2.75) is 314 Å². The summed E-state index contributed by atoms with van der Waals surface area (Å²) >= 11 is 0. The highest BCUT2D eigenvalue weighted by Gasteiger charge is 2.47. The van der Waals surface area contributed by atoms with Crippen LogP contribution in [0.2, 0.25) is 0 Å². The third-order valence-corrected chi connectivity index (χ3v) is 15.1. The van der Waals surface area contributed by atoms with Gasteiger partial charge < -0.3 is 45.1 Å². The summed E-state index contributed by atoms with van der Waals surface area (Å²) in [5.74, 6) is -1.23. The van der Waals surface area contributed by atoms with E-state index in [2.05, 4.69) is 135 Å². The topological polar surface area (TPSA) is 175 Å². The number of hydrogen-bond acceptors (Lipinski definition) is 10. The third-order valence-electron chi connectivity index (χ3n) is 15.1. The number of amides is 1. The van der Waals surface area contributed by atoms with E-state index >= 15 is 0 Å². The van der Waals surface area contributed by atoms with Gasteiger partial charge in [-0.15, -0.1) is 0 Å². The number of unbranched alkanes of at least 4 members (excludes halogenated alkanes) is 24. The van der Waals surface area contributed by atoms with Gasteiger partial charge in [0, 0.05) is 6.42 Å². The summed E-state index contributed by atoms with van der Waals surface area (Å²) in [6.07, 6.45) is 72.2. The number of nitrogens with one attached hydrogen (secondary N) is 1. The molecule has 0 bridgehead atoms. The van der Waals surface area contributed by atoms with Gasteiger partial charge in [0.1, 0.15) is 24.4 Å². The van der Waals surface area contributed by atoms with Gasteiger partial charge in [-0.25, -0.2) is 0 Å². The fourth-order valence-electron chi connectivity index (χ4n) is 9.78. The van der Waals surface area contributed by atoms with Crippen LogP contribution in [0, 0.1) is 0 Å². The second kappa shape index (κ2) is 59.4. The maximum absolute atomic E-state index is 13.5. The molecule has 0 spiro atoms. The fourth-order valence-corrected chi connectivity index (χ4v) is 9.78. The lowest BCUT2D eigenvalue weighted by Gasteiger charge is -2.41. The van der Waals surface area contributed by atoms with Crippen molar-refractivity contribution in [3.63, 3.8) is 0 Å². The Labute approximate surface area is 512 Å². The zero-order valence-electron chi connectivity index (χ0n) is 53.2. The van der Waals surface area contributed by atoms with Gasteiger partial charge in [0.05, 0.1) is 25.4 Å². The average Bonchev–Trinajstić information content (AvgIpc) is 3.55. The molecule has 1 heterocycles. The van der Waals surface area contributed by atoms with Crippen LogP contribution in [0.4, 0.5) is 0 Å². The predicted octanol–water partition coefficient (Wildman–Crippen LogP) is 17.0. The maximum atomic E-state index is 13.5. The van der Waals surface area contributed by atoms with Gasteiger partial charge in [-0.1, -0.05) is 264 Å². The highest BCUT2D eigenvalue weighted by molar-refractivity contribution is 5.80. The zero-order chi connectivity index (χ0) is 61.0. The van der Waals surface area contributed by atoms with Gasteiger partial charge in [0.2, 0.25) is 5.91 Å². The molecule has 1 aliphatic heterocycles. The molecule has 0 aromatic rings. The molecule has 6 N–H and O–H groups in total. The molecule has 11 heteroatoms. The lowest BCUT2D eigenvalue weighted by molar-refractivity contribution is -0.305. The molecule has 1 amide bonds. The van der Waals surface area contributed by atoms with Gasteiger partial charge in [0.15, 0.2) is 12.4 Å². The third kappa shape index (κ3) is 46.3. The van der Waals surface area contributed by atoms with E-state index in [0.29, 0.717) is 12.8 Å². The van der Waals surface area contributed by atoms with Crippen molar-refractivity contribution in [2.75, 3.05) is 13.2 Å². The van der Waals surface area contributed by atoms with Crippen molar-refractivity contribution in [3.05, 3.63) is 122 Å². The Hall–Kier alpha value is -3.94. The first-order chi connectivity index (χ1) is 41.2. The summed E-state index contributed by atoms with van der Waals surface area (Å²) in [4.78, 5) is 26.6. The molecule has 1 rings (SSSR count). The van der Waals surface area contributed by atoms with E-state index in [-0.39, 0.29) is 19.4 Å². The number of aliphatic hydroxyl groups is 5. The molecule has 84 heavy (non-hydrogen) atoms. The van der Waals surface area contributed by atoms with E-state index in [4.69, 9.17) is 14.2 Å². The number of carbonyl (C=O) groups excluding carboxylic acids is 2. The minimum atomic E-state index is -1.63. The number of esters is 1. The molecule has 11 nitrogen and oxygen atoms in total. The Morgan fingerprint density at radius 2 is 0.857 bits per heavy atom. The van der Waals surface area contributed by atoms with E-state index in [1.54, 1.807) is 6.08 Å². The molecular weight excluding hydrogens is 1050 g/mol. The molecule has 8 atom stereocenters. The van der Waals surface area contributed by atoms with Crippen LogP contribution in [-0.2, 0) is 23.8 Å². The van der Waals surface area contributed by atoms with E-state index in [1.807, 2.05) is 6.08 Å². The Bertz CT molecular complexity index is 1830. The quantitative estimate of drug-likeness (QED) is 0.0195. The Kier molecular flexibility index (Phi) is 55.2. The van der Waals surface area contributed by atoms with Crippen molar-refractivity contribution in [1.82, 2.24) is 5.32 Å². The summed E-state index contributed by atoms with van der Waals surface area (Å²) in [7, 11) is 0. The number of hydrogen-bond donors (Lipinski definition) is 6. The lowest BCUT2D eigenvalue weighted by atomic mass is 9.99. The number of aliphatic hydroxyl groups excluding tert-OH is 5. The first-order valence-electron chi connectivity index (χ1n) is 33.8. The van der Waals surface area contributed by atoms with Crippen LogP contribution in [0.5, 0.6) is 0 Å². The van der Waals surface area contributed by atoms with Gasteiger partial charge in [-0.2, -0.15) is 0 Å². The van der Waals surface area contributed by atoms with Gasteiger partial charge in [-0.05, 0) is 116 Å². The highest BCUT2D eigenvalue weighted by Crippen LogP contribution is 2.26. The summed E-state index contributed by atoms with van der Waals surface area (Å²) in [5.41, 5.74) is 0. The first-order valence-corrected chi connectivity index (χ1v) is 33.8. The molecule has 8 unspecified atom stereocenters. The summed E-state index contributed by atoms with van der Waals surface area (Å²) in [6, 6.07) is -1.04. The van der Waals surface area contributed by atoms with Crippen LogP contribution in [0.15, 0.2) is 122 Å². The van der Waals surface area contributed by atoms with Crippen LogP contribution >= 0.6 is 0 Å². The largest absolute Gasteiger partial charge is 0.454 e. The average molecular weight is 1170 g/mol. The van der Waals surface area contributed by atoms with E-state index < -0.39 is 67.4 Å². The monoisotopic (exact) mass is 1170 g/mol. The second-order valence-corrected chi connectivity index (χ2v) is 22.8. The summed E-state index contributed by atoms with van der Waals surface area (Å²) < 4.78 is 17.6. The lowest BCUT2D eigenvalue weighted by Crippen LogP contribution is -2.61. The van der Waals surface area contributed by atoms with Crippen molar-refractivity contribution < 1.29 is 49.3 Å². The number of rotatable bonds is 56. The zero-order valence-corrected chi connectivity index (χ0v) is 53.2. The standard InChI is InChI=1S/C73H123NO10/c1-4-7-10-13-16-19-22-25-27-29-31-33-35-36-38-40-42-45-48-51-54-57-60-66(77)72(81)74-64(65(76)59-56-53-50-47-44-24-21-18-15-12-9-6-3)63-82-73-71(70(80)69(79)67(62-75)83-73)84-68(78)61-58-55-52-49-46-43-41-39-37-34-32-30-28-26-23-20-17-14-11-8-5-2/h7,10,16-17,19-20,25-28,31-34,36,38-39,41,56,59,64-67,69-71,73,75-77,79-80H,4-6,8-9,11-15,18,21-24,29-30,35,37,40,42-55,57-58,60-63H2,1-3H3,(H,74,81)/b10-7-,19-16-,20-17-,27-25-,28-26-,33-31-,34-32-,38-36-,41-39-,59-56+. The molecule has 1 aliphatic rings. The molecule has 0 aliphatic carbocycles. The first kappa shape index (κ1) is 78.1. The SMILES string of the molecule is CC/C=C\C/C=C\C/C=C\C/C=C\C/C=C\CCCCCCCCC(O)C(=O)NC(COC1OC(CO)C(O)C(O)C1OC(=O)CCCCCCC/C=C\C/C=C\C/C=C\C/C=C\CCCCC)C(O)/C=C/CCCCCCCCCCCC. The molecule has 0 radical (unpaired) electrons. The van der Waals surface area contributed by atoms with Crippen LogP contribution in [-0.4, -0.2) is 99.6 Å². The molecule has 1 saturated heterocycles. The maximum Gasteiger partial charge on any atom is 0.306 e. The van der Waals surface area contributed by atoms with Crippen molar-refractivity contribution in [1.29, 1.82) is 0 Å². The Balaban J connectivity index is 2.66. The number of allylic oxidation sites excluding steroid dienone is 19. The molecular formula is C73H123NO10. The smallest absolute Gasteiger partial charge is 0.306 e. The molecule has 0 aromatic heterocycles. The predicted molar refractivity (Wildman–Crippen MR) is 351 cm³/mol. The van der Waals surface area contributed by atoms with Crippen LogP contribution in [0.1, 0.15) is 265 Å². The fraction of sp³-hybridized carbons (Fsp3) is 0.699. The van der Waals surface area contributed by atoms with Crippen molar-refractivity contribution in [3.8, 4) is 0 Å². The number of carbonyl (C=O) groups is 2. The summed E-state index contributed by atoms with van der Waals surface area (Å²) in [6.45, 7) is 5.63. The summed E-state index contributed by atoms with van der Waals surface area (Å²) in [5, 5.41) is 57.2. The molecule has 480 valence electrons. The van der Waals surface area contributed by atoms with Gasteiger partial charge in [0.25, 0.3) is 0 Å². The Morgan fingerprint density at radius 3 is 1.31 bits per heavy atom. The molecule has 0 aromatic carbocycles. The normalized spacial score (nSPS) is 19.3. The van der Waals surface area contributed by atoms with Crippen molar-refractivity contribution in [2.24, 2.45) is 0 Å². The minimum absolute atomic E-state index is 0.0948. The van der Waals surface area contributed by atoms with E-state index in [0.717, 1.165) is 148 Å². The van der Waals surface area contributed by atoms with Gasteiger partial charge >= 0.3 is 5.97 Å². The van der Waals surface area contributed by atoms with Crippen LogP contribution in [0.3, 0.4) is 0 Å². The van der Waals surface area contributed by atoms with Crippen LogP contribution < -0.4 is 5.32 Å². The Morgan fingerprint density at radius 1 is 0.476 bits per heavy atom. The molecule has 0 saturated carbocycles. The second-order valence-electron chi connectivity index (χ2n) is 22.8. The minimum Gasteiger partial charge on any atom is -0.454 e. The molecule has 1 fully saturated rings. The van der Waals surface area contributed by atoms with Gasteiger partial charge in [-0.3, -0.25) is 9.59 Å². The number of ether oxygens (including phenoxy) is 3. The highest BCUT2D eigenvalue weighted by atomic mass is 16.7.